The van der Waals surface area contributed by atoms with Crippen molar-refractivity contribution >= 4 is 6.40 Å². The minimum atomic E-state index is -1.13. The minimum absolute atomic E-state index is 0.0278. The summed E-state index contributed by atoms with van der Waals surface area (Å²) >= 11 is 0. The molecule has 0 spiro atoms. The Bertz CT molecular complexity index is 139. The smallest absolute Gasteiger partial charge is 0.169 e. The van der Waals surface area contributed by atoms with Gasteiger partial charge in [-0.3, -0.25) is 4.99 Å². The second-order valence-corrected chi connectivity index (χ2v) is 3.16. The minimum Gasteiger partial charge on any atom is -0.481 e. The molecule has 0 saturated carbocycles. The second kappa shape index (κ2) is 2.56. The van der Waals surface area contributed by atoms with Crippen LogP contribution in [0.2, 0.25) is 0 Å². The molecule has 0 aromatic heterocycles. The molecule has 3 heteroatoms. The first-order chi connectivity index (χ1) is 4.58. The number of halogens is 1. The lowest BCUT2D eigenvalue weighted by Crippen LogP contribution is -2.21. The van der Waals surface area contributed by atoms with E-state index in [9.17, 15) is 4.39 Å². The molecule has 0 N–H and O–H groups in total. The molecule has 0 fully saturated rings. The topological polar surface area (TPSA) is 21.6 Å². The molecule has 1 aliphatic rings. The molecular weight excluding hydrogens is 133 g/mol. The van der Waals surface area contributed by atoms with Gasteiger partial charge in [0.1, 0.15) is 12.3 Å². The number of aliphatic imine (C=N–C) groups is 1. The van der Waals surface area contributed by atoms with Crippen LogP contribution in [0.15, 0.2) is 4.99 Å². The summed E-state index contributed by atoms with van der Waals surface area (Å²) in [6.07, 6.45) is 1.85. The predicted octanol–water partition coefficient (Wildman–Crippen LogP) is 1.55. The summed E-state index contributed by atoms with van der Waals surface area (Å²) in [6, 6.07) is 0.0278. The quantitative estimate of drug-likeness (QED) is 0.577. The molecule has 0 aromatic rings. The van der Waals surface area contributed by atoms with Crippen molar-refractivity contribution in [2.24, 2.45) is 4.99 Å². The third-order valence-corrected chi connectivity index (χ3v) is 1.36. The van der Waals surface area contributed by atoms with Crippen LogP contribution in [0.5, 0.6) is 0 Å². The molecule has 1 atom stereocenters. The average Bonchev–Trinajstić information content (AvgIpc) is 2.12. The van der Waals surface area contributed by atoms with Gasteiger partial charge in [-0.15, -0.1) is 0 Å². The Balaban J connectivity index is 2.31. The van der Waals surface area contributed by atoms with Crippen molar-refractivity contribution in [2.45, 2.75) is 32.0 Å². The lowest BCUT2D eigenvalue weighted by molar-refractivity contribution is 0.176. The molecule has 1 rings (SSSR count). The Morgan fingerprint density at radius 3 is 2.90 bits per heavy atom. The molecule has 0 amide bonds. The van der Waals surface area contributed by atoms with Crippen LogP contribution in [-0.2, 0) is 4.74 Å². The van der Waals surface area contributed by atoms with E-state index >= 15 is 0 Å². The van der Waals surface area contributed by atoms with E-state index in [1.165, 1.54) is 6.40 Å². The summed E-state index contributed by atoms with van der Waals surface area (Å²) in [5, 5.41) is 0. The van der Waals surface area contributed by atoms with Gasteiger partial charge in [0, 0.05) is 6.42 Å². The van der Waals surface area contributed by atoms with Crippen LogP contribution in [0.4, 0.5) is 4.39 Å². The lowest BCUT2D eigenvalue weighted by Gasteiger charge is -2.15. The largest absolute Gasteiger partial charge is 0.481 e. The Labute approximate surface area is 60.1 Å². The molecule has 0 aliphatic carbocycles. The van der Waals surface area contributed by atoms with E-state index < -0.39 is 5.67 Å². The highest BCUT2D eigenvalue weighted by Crippen LogP contribution is 2.19. The van der Waals surface area contributed by atoms with Crippen molar-refractivity contribution < 1.29 is 9.13 Å². The fourth-order valence-corrected chi connectivity index (χ4v) is 0.998. The number of alkyl halides is 1. The molecule has 1 heterocycles. The van der Waals surface area contributed by atoms with Crippen molar-refractivity contribution in [2.75, 3.05) is 6.61 Å². The standard InChI is InChI=1S/C7H12FNO/c1-7(2,8)3-6-4-10-5-9-6/h5-6H,3-4H2,1-2H3/t6-/m0/s1. The van der Waals surface area contributed by atoms with Crippen molar-refractivity contribution in [3.05, 3.63) is 0 Å². The lowest BCUT2D eigenvalue weighted by atomic mass is 10.0. The maximum absolute atomic E-state index is 12.9. The zero-order valence-electron chi connectivity index (χ0n) is 6.30. The molecule has 0 aromatic carbocycles. The number of hydrogen-bond acceptors (Lipinski definition) is 2. The molecule has 0 unspecified atom stereocenters. The van der Waals surface area contributed by atoms with Crippen LogP contribution in [0, 0.1) is 0 Å². The highest BCUT2D eigenvalue weighted by molar-refractivity contribution is 5.48. The summed E-state index contributed by atoms with van der Waals surface area (Å²) in [5.41, 5.74) is -1.13. The molecule has 1 aliphatic heterocycles. The molecule has 10 heavy (non-hydrogen) atoms. The maximum atomic E-state index is 12.9. The van der Waals surface area contributed by atoms with E-state index in [2.05, 4.69) is 4.99 Å². The van der Waals surface area contributed by atoms with Gasteiger partial charge in [-0.25, -0.2) is 4.39 Å². The van der Waals surface area contributed by atoms with Crippen LogP contribution in [0.25, 0.3) is 0 Å². The first-order valence-corrected chi connectivity index (χ1v) is 3.40. The van der Waals surface area contributed by atoms with Crippen LogP contribution in [0.1, 0.15) is 20.3 Å². The van der Waals surface area contributed by atoms with E-state index in [1.54, 1.807) is 13.8 Å². The van der Waals surface area contributed by atoms with E-state index in [4.69, 9.17) is 4.74 Å². The SMILES string of the molecule is CC(C)(F)C[C@H]1COC=N1. The van der Waals surface area contributed by atoms with Crippen LogP contribution in [0.3, 0.4) is 0 Å². The monoisotopic (exact) mass is 145 g/mol. The molecule has 0 radical (unpaired) electrons. The number of hydrogen-bond donors (Lipinski definition) is 0. The third-order valence-electron chi connectivity index (χ3n) is 1.36. The summed E-state index contributed by atoms with van der Waals surface area (Å²) in [5.74, 6) is 0. The van der Waals surface area contributed by atoms with Gasteiger partial charge in [0.15, 0.2) is 6.40 Å². The molecule has 0 saturated heterocycles. The highest BCUT2D eigenvalue weighted by Gasteiger charge is 2.23. The highest BCUT2D eigenvalue weighted by atomic mass is 19.1. The number of ether oxygens (including phenoxy) is 1. The Morgan fingerprint density at radius 1 is 1.80 bits per heavy atom. The second-order valence-electron chi connectivity index (χ2n) is 3.16. The summed E-state index contributed by atoms with van der Waals surface area (Å²) in [6.45, 7) is 3.65. The Hall–Kier alpha value is -0.600. The van der Waals surface area contributed by atoms with Gasteiger partial charge in [0.2, 0.25) is 0 Å². The van der Waals surface area contributed by atoms with E-state index in [0.717, 1.165) is 0 Å². The van der Waals surface area contributed by atoms with Gasteiger partial charge >= 0.3 is 0 Å². The summed E-state index contributed by atoms with van der Waals surface area (Å²) in [7, 11) is 0. The number of rotatable bonds is 2. The maximum Gasteiger partial charge on any atom is 0.169 e. The zero-order valence-corrected chi connectivity index (χ0v) is 6.30. The van der Waals surface area contributed by atoms with Crippen molar-refractivity contribution in [3.63, 3.8) is 0 Å². The third kappa shape index (κ3) is 2.33. The summed E-state index contributed by atoms with van der Waals surface area (Å²) < 4.78 is 17.8. The number of nitrogens with zero attached hydrogens (tertiary/aromatic N) is 1. The van der Waals surface area contributed by atoms with E-state index in [-0.39, 0.29) is 6.04 Å². The summed E-state index contributed by atoms with van der Waals surface area (Å²) in [4.78, 5) is 3.93. The fourth-order valence-electron chi connectivity index (χ4n) is 0.998. The molecule has 58 valence electrons. The Morgan fingerprint density at radius 2 is 2.50 bits per heavy atom. The zero-order chi connectivity index (χ0) is 7.61. The normalized spacial score (nSPS) is 24.9. The molecule has 2 nitrogen and oxygen atoms in total. The van der Waals surface area contributed by atoms with Gasteiger partial charge in [-0.05, 0) is 13.8 Å². The molecule has 0 bridgehead atoms. The van der Waals surface area contributed by atoms with Gasteiger partial charge in [-0.2, -0.15) is 0 Å². The average molecular weight is 145 g/mol. The van der Waals surface area contributed by atoms with Gasteiger partial charge in [0.25, 0.3) is 0 Å². The van der Waals surface area contributed by atoms with Crippen molar-refractivity contribution in [1.29, 1.82) is 0 Å². The van der Waals surface area contributed by atoms with Gasteiger partial charge in [0.05, 0.1) is 6.04 Å². The van der Waals surface area contributed by atoms with E-state index in [1.807, 2.05) is 0 Å². The predicted molar refractivity (Wildman–Crippen MR) is 38.0 cm³/mol. The van der Waals surface area contributed by atoms with Crippen LogP contribution >= 0.6 is 0 Å². The first kappa shape index (κ1) is 7.51. The van der Waals surface area contributed by atoms with Crippen molar-refractivity contribution in [3.8, 4) is 0 Å². The van der Waals surface area contributed by atoms with Gasteiger partial charge in [-0.1, -0.05) is 0 Å². The first-order valence-electron chi connectivity index (χ1n) is 3.40. The van der Waals surface area contributed by atoms with Crippen LogP contribution in [-0.4, -0.2) is 24.7 Å². The van der Waals surface area contributed by atoms with E-state index in [0.29, 0.717) is 13.0 Å². The van der Waals surface area contributed by atoms with Crippen LogP contribution < -0.4 is 0 Å². The van der Waals surface area contributed by atoms with Crippen molar-refractivity contribution in [1.82, 2.24) is 0 Å². The van der Waals surface area contributed by atoms with Gasteiger partial charge < -0.3 is 4.74 Å². The molecular formula is C7H12FNO. The fraction of sp³-hybridized carbons (Fsp3) is 0.857. The Kier molecular flexibility index (Phi) is 1.92.